The first-order chi connectivity index (χ1) is 14.6. The molecule has 3 heteroatoms. The molecule has 4 rings (SSSR count). The Hall–Kier alpha value is -2.06. The van der Waals surface area contributed by atoms with Crippen LogP contribution in [0.15, 0.2) is 54.6 Å². The van der Waals surface area contributed by atoms with Gasteiger partial charge in [0.25, 0.3) is 0 Å². The van der Waals surface area contributed by atoms with Crippen molar-refractivity contribution < 1.29 is 0 Å². The van der Waals surface area contributed by atoms with Gasteiger partial charge in [0.15, 0.2) is 0 Å². The summed E-state index contributed by atoms with van der Waals surface area (Å²) in [5.41, 5.74) is 5.97. The van der Waals surface area contributed by atoms with Gasteiger partial charge >= 0.3 is 0 Å². The Morgan fingerprint density at radius 3 is 2.23 bits per heavy atom. The fourth-order valence-electron chi connectivity index (χ4n) is 4.99. The summed E-state index contributed by atoms with van der Waals surface area (Å²) in [6, 6.07) is 18.8. The fraction of sp³-hybridized carbons (Fsp3) is 0.444. The summed E-state index contributed by atoms with van der Waals surface area (Å²) in [5, 5.41) is 5.98. The number of aromatic nitrogens is 2. The molecule has 0 saturated heterocycles. The van der Waals surface area contributed by atoms with Crippen molar-refractivity contribution in [3.8, 4) is 22.4 Å². The van der Waals surface area contributed by atoms with Crippen LogP contribution in [0.25, 0.3) is 22.4 Å². The Bertz CT molecular complexity index is 966. The molecule has 1 aromatic heterocycles. The summed E-state index contributed by atoms with van der Waals surface area (Å²) in [4.78, 5) is 0. The third kappa shape index (κ3) is 4.49. The van der Waals surface area contributed by atoms with E-state index in [1.807, 2.05) is 12.1 Å². The molecule has 3 aromatic rings. The van der Waals surface area contributed by atoms with Crippen molar-refractivity contribution in [3.63, 3.8) is 0 Å². The second-order valence-corrected chi connectivity index (χ2v) is 9.55. The first-order valence-electron chi connectivity index (χ1n) is 11.5. The maximum Gasteiger partial charge on any atom is 0.100 e. The molecule has 0 amide bonds. The van der Waals surface area contributed by atoms with Crippen LogP contribution in [0.3, 0.4) is 0 Å². The molecule has 1 aliphatic rings. The molecule has 30 heavy (non-hydrogen) atoms. The highest BCUT2D eigenvalue weighted by Gasteiger charge is 2.26. The SMILES string of the molecule is CCC1CCC(Cn2nc(-c3ccccc3)c(-c3cccc(Cl)c3)c2C(C)C)CC1. The lowest BCUT2D eigenvalue weighted by atomic mass is 9.81. The molecule has 0 radical (unpaired) electrons. The van der Waals surface area contributed by atoms with Crippen LogP contribution in [0.5, 0.6) is 0 Å². The van der Waals surface area contributed by atoms with Gasteiger partial charge < -0.3 is 0 Å². The smallest absolute Gasteiger partial charge is 0.100 e. The fourth-order valence-corrected chi connectivity index (χ4v) is 5.18. The van der Waals surface area contributed by atoms with Gasteiger partial charge in [0.1, 0.15) is 5.69 Å². The predicted octanol–water partition coefficient (Wildman–Crippen LogP) is 8.21. The van der Waals surface area contributed by atoms with Crippen LogP contribution in [-0.2, 0) is 6.54 Å². The summed E-state index contributed by atoms with van der Waals surface area (Å²) in [6.07, 6.45) is 6.70. The summed E-state index contributed by atoms with van der Waals surface area (Å²) < 4.78 is 2.32. The van der Waals surface area contributed by atoms with E-state index in [1.54, 1.807) is 0 Å². The largest absolute Gasteiger partial charge is 0.268 e. The average molecular weight is 421 g/mol. The van der Waals surface area contributed by atoms with Crippen LogP contribution >= 0.6 is 11.6 Å². The van der Waals surface area contributed by atoms with Crippen LogP contribution in [0.2, 0.25) is 5.02 Å². The van der Waals surface area contributed by atoms with E-state index < -0.39 is 0 Å². The Kier molecular flexibility index (Phi) is 6.63. The number of hydrogen-bond donors (Lipinski definition) is 0. The standard InChI is InChI=1S/C27H33ClN2/c1-4-20-13-15-21(16-14-20)18-30-27(19(2)3)25(23-11-8-12-24(28)17-23)26(29-30)22-9-6-5-7-10-22/h5-12,17,19-21H,4,13-16,18H2,1-3H3. The molecule has 2 aromatic carbocycles. The third-order valence-corrected chi connectivity index (χ3v) is 6.91. The second-order valence-electron chi connectivity index (χ2n) is 9.12. The monoisotopic (exact) mass is 420 g/mol. The first kappa shape index (κ1) is 21.2. The first-order valence-corrected chi connectivity index (χ1v) is 11.9. The van der Waals surface area contributed by atoms with Crippen molar-refractivity contribution in [2.75, 3.05) is 0 Å². The molecule has 2 nitrogen and oxygen atoms in total. The van der Waals surface area contributed by atoms with E-state index in [0.29, 0.717) is 5.92 Å². The highest BCUT2D eigenvalue weighted by molar-refractivity contribution is 6.30. The molecule has 1 saturated carbocycles. The van der Waals surface area contributed by atoms with E-state index in [4.69, 9.17) is 16.7 Å². The van der Waals surface area contributed by atoms with E-state index in [-0.39, 0.29) is 0 Å². The van der Waals surface area contributed by atoms with Gasteiger partial charge in [-0.05, 0) is 48.3 Å². The minimum absolute atomic E-state index is 0.385. The average Bonchev–Trinajstić information content (AvgIpc) is 3.14. The van der Waals surface area contributed by atoms with E-state index in [2.05, 4.69) is 67.9 Å². The maximum absolute atomic E-state index is 6.39. The van der Waals surface area contributed by atoms with E-state index in [0.717, 1.165) is 34.7 Å². The zero-order chi connectivity index (χ0) is 21.1. The van der Waals surface area contributed by atoms with Crippen molar-refractivity contribution in [1.82, 2.24) is 9.78 Å². The normalized spacial score (nSPS) is 19.4. The number of rotatable bonds is 6. The molecule has 0 unspecified atom stereocenters. The molecule has 1 heterocycles. The lowest BCUT2D eigenvalue weighted by molar-refractivity contribution is 0.240. The van der Waals surface area contributed by atoms with Crippen molar-refractivity contribution in [2.45, 2.75) is 65.3 Å². The lowest BCUT2D eigenvalue weighted by Crippen LogP contribution is -2.20. The molecule has 1 aliphatic carbocycles. The van der Waals surface area contributed by atoms with Crippen molar-refractivity contribution in [3.05, 3.63) is 65.3 Å². The molecule has 0 spiro atoms. The number of hydrogen-bond acceptors (Lipinski definition) is 1. The highest BCUT2D eigenvalue weighted by Crippen LogP contribution is 2.40. The van der Waals surface area contributed by atoms with E-state index in [1.165, 1.54) is 48.9 Å². The zero-order valence-corrected chi connectivity index (χ0v) is 19.2. The second kappa shape index (κ2) is 9.39. The van der Waals surface area contributed by atoms with Gasteiger partial charge in [-0.3, -0.25) is 4.68 Å². The molecule has 0 atom stereocenters. The van der Waals surface area contributed by atoms with Crippen molar-refractivity contribution in [2.24, 2.45) is 11.8 Å². The van der Waals surface area contributed by atoms with E-state index >= 15 is 0 Å². The zero-order valence-electron chi connectivity index (χ0n) is 18.4. The molecular weight excluding hydrogens is 388 g/mol. The van der Waals surface area contributed by atoms with Crippen LogP contribution < -0.4 is 0 Å². The number of halogens is 1. The third-order valence-electron chi connectivity index (χ3n) is 6.67. The van der Waals surface area contributed by atoms with Crippen LogP contribution in [0.4, 0.5) is 0 Å². The quantitative estimate of drug-likeness (QED) is 0.392. The van der Waals surface area contributed by atoms with Crippen molar-refractivity contribution >= 4 is 11.6 Å². The summed E-state index contributed by atoms with van der Waals surface area (Å²) in [5.74, 6) is 2.03. The Morgan fingerprint density at radius 1 is 0.933 bits per heavy atom. The van der Waals surface area contributed by atoms with Gasteiger partial charge in [0.05, 0.1) is 0 Å². The Balaban J connectivity index is 1.79. The summed E-state index contributed by atoms with van der Waals surface area (Å²) in [7, 11) is 0. The predicted molar refractivity (Wildman–Crippen MR) is 128 cm³/mol. The van der Waals surface area contributed by atoms with Gasteiger partial charge in [-0.15, -0.1) is 0 Å². The topological polar surface area (TPSA) is 17.8 Å². The maximum atomic E-state index is 6.39. The molecule has 0 N–H and O–H groups in total. The minimum Gasteiger partial charge on any atom is -0.268 e. The van der Waals surface area contributed by atoms with Gasteiger partial charge in [-0.25, -0.2) is 0 Å². The van der Waals surface area contributed by atoms with Crippen molar-refractivity contribution in [1.29, 1.82) is 0 Å². The van der Waals surface area contributed by atoms with Crippen LogP contribution in [0, 0.1) is 11.8 Å². The van der Waals surface area contributed by atoms with Crippen LogP contribution in [-0.4, -0.2) is 9.78 Å². The summed E-state index contributed by atoms with van der Waals surface area (Å²) >= 11 is 6.39. The van der Waals surface area contributed by atoms with Crippen LogP contribution in [0.1, 0.15) is 64.5 Å². The number of nitrogens with zero attached hydrogens (tertiary/aromatic N) is 2. The molecule has 158 valence electrons. The van der Waals surface area contributed by atoms with Gasteiger partial charge in [-0.1, -0.05) is 94.1 Å². The molecule has 0 bridgehead atoms. The van der Waals surface area contributed by atoms with Gasteiger partial charge in [-0.2, -0.15) is 5.10 Å². The molecule has 0 aliphatic heterocycles. The highest BCUT2D eigenvalue weighted by atomic mass is 35.5. The van der Waals surface area contributed by atoms with E-state index in [9.17, 15) is 0 Å². The minimum atomic E-state index is 0.385. The summed E-state index contributed by atoms with van der Waals surface area (Å²) in [6.45, 7) is 7.91. The Morgan fingerprint density at radius 2 is 1.60 bits per heavy atom. The molecular formula is C27H33ClN2. The lowest BCUT2D eigenvalue weighted by Gasteiger charge is -2.28. The Labute approximate surface area is 186 Å². The number of benzene rings is 2. The molecule has 1 fully saturated rings. The van der Waals surface area contributed by atoms with Gasteiger partial charge in [0.2, 0.25) is 0 Å². The van der Waals surface area contributed by atoms with Gasteiger partial charge in [0, 0.05) is 28.4 Å².